The van der Waals surface area contributed by atoms with Crippen LogP contribution in [-0.4, -0.2) is 72.5 Å². The zero-order valence-corrected chi connectivity index (χ0v) is 28.9. The molecule has 19 heteroatoms. The number of alkyl halides is 3. The lowest BCUT2D eigenvalue weighted by molar-refractivity contribution is -0.707. The van der Waals surface area contributed by atoms with Crippen molar-refractivity contribution in [1.82, 2.24) is 19.5 Å². The SMILES string of the molecule is Cc1ccc(-c2cc(C(F)(F)F)nn2-c2ccc(S(=O)(=O)NC(=O)CCC(=O)OCCN(C)[N+]([O-])=NOC(C)OC(=O)C(C)(C)C)cc2)cc1. The highest BCUT2D eigenvalue weighted by Gasteiger charge is 2.35. The first kappa shape index (κ1) is 39.2. The van der Waals surface area contributed by atoms with Gasteiger partial charge in [0.15, 0.2) is 5.69 Å². The molecular weight excluding hydrogens is 689 g/mol. The van der Waals surface area contributed by atoms with Crippen molar-refractivity contribution in [2.75, 3.05) is 20.2 Å². The number of ether oxygens (including phenoxy) is 2. The normalized spacial score (nSPS) is 12.9. The number of benzene rings is 2. The summed E-state index contributed by atoms with van der Waals surface area (Å²) in [5, 5.41) is 19.9. The molecule has 0 aliphatic carbocycles. The first-order valence-electron chi connectivity index (χ1n) is 15.0. The zero-order chi connectivity index (χ0) is 37.4. The summed E-state index contributed by atoms with van der Waals surface area (Å²) in [7, 11) is -3.11. The number of hydrazine groups is 1. The van der Waals surface area contributed by atoms with E-state index in [9.17, 15) is 41.2 Å². The molecular formula is C31H37F3N6O9S. The number of likely N-dealkylation sites (N-methyl/N-ethyl adjacent to an activating group) is 1. The fraction of sp³-hybridized carbons (Fsp3) is 0.419. The van der Waals surface area contributed by atoms with Crippen molar-refractivity contribution in [1.29, 1.82) is 0 Å². The summed E-state index contributed by atoms with van der Waals surface area (Å²) in [5.74, 6) is -2.44. The van der Waals surface area contributed by atoms with Gasteiger partial charge in [-0.2, -0.15) is 18.3 Å². The second kappa shape index (κ2) is 16.0. The monoisotopic (exact) mass is 726 g/mol. The van der Waals surface area contributed by atoms with Crippen molar-refractivity contribution < 1.29 is 55.3 Å². The topological polar surface area (TPSA) is 185 Å². The van der Waals surface area contributed by atoms with Crippen molar-refractivity contribution in [3.63, 3.8) is 0 Å². The summed E-state index contributed by atoms with van der Waals surface area (Å²) in [6.07, 6.45) is -6.91. The van der Waals surface area contributed by atoms with Crippen molar-refractivity contribution in [2.45, 2.75) is 64.8 Å². The average Bonchev–Trinajstić information content (AvgIpc) is 3.49. The number of hydrogen-bond acceptors (Lipinski definition) is 11. The van der Waals surface area contributed by atoms with E-state index < -0.39 is 64.3 Å². The van der Waals surface area contributed by atoms with E-state index in [2.05, 4.69) is 10.4 Å². The molecule has 0 saturated heterocycles. The number of carbonyl (C=O) groups is 3. The molecule has 50 heavy (non-hydrogen) atoms. The molecule has 0 saturated carbocycles. The molecule has 272 valence electrons. The maximum Gasteiger partial charge on any atom is 0.435 e. The van der Waals surface area contributed by atoms with Crippen LogP contribution in [0.4, 0.5) is 13.2 Å². The van der Waals surface area contributed by atoms with Gasteiger partial charge in [0.2, 0.25) is 11.2 Å². The first-order chi connectivity index (χ1) is 23.2. The Morgan fingerprint density at radius 2 is 1.68 bits per heavy atom. The van der Waals surface area contributed by atoms with Crippen molar-refractivity contribution in [2.24, 2.45) is 10.7 Å². The largest absolute Gasteiger partial charge is 0.569 e. The van der Waals surface area contributed by atoms with Gasteiger partial charge in [0.1, 0.15) is 13.2 Å². The molecule has 15 nitrogen and oxygen atoms in total. The predicted molar refractivity (Wildman–Crippen MR) is 169 cm³/mol. The second-order valence-corrected chi connectivity index (χ2v) is 13.7. The van der Waals surface area contributed by atoms with E-state index in [1.807, 2.05) is 11.6 Å². The Morgan fingerprint density at radius 1 is 1.06 bits per heavy atom. The molecule has 0 aliphatic heterocycles. The number of sulfonamides is 1. The molecule has 2 aromatic carbocycles. The fourth-order valence-corrected chi connectivity index (χ4v) is 4.87. The summed E-state index contributed by atoms with van der Waals surface area (Å²) < 4.78 is 78.9. The van der Waals surface area contributed by atoms with E-state index in [0.717, 1.165) is 33.5 Å². The molecule has 1 amide bonds. The van der Waals surface area contributed by atoms with Crippen LogP contribution in [0.2, 0.25) is 0 Å². The summed E-state index contributed by atoms with van der Waals surface area (Å²) in [4.78, 5) is 40.8. The Balaban J connectivity index is 1.52. The maximum absolute atomic E-state index is 13.5. The fourth-order valence-electron chi connectivity index (χ4n) is 3.86. The number of amides is 1. The number of hydrogen-bond donors (Lipinski definition) is 1. The summed E-state index contributed by atoms with van der Waals surface area (Å²) in [6.45, 7) is 7.67. The number of halogens is 3. The molecule has 1 heterocycles. The third-order valence-electron chi connectivity index (χ3n) is 6.66. The molecule has 0 spiro atoms. The van der Waals surface area contributed by atoms with E-state index in [4.69, 9.17) is 14.3 Å². The smallest absolute Gasteiger partial charge is 0.435 e. The molecule has 1 unspecified atom stereocenters. The van der Waals surface area contributed by atoms with Gasteiger partial charge in [-0.3, -0.25) is 19.2 Å². The van der Waals surface area contributed by atoms with Gasteiger partial charge in [-0.25, -0.2) is 17.8 Å². The summed E-state index contributed by atoms with van der Waals surface area (Å²) >= 11 is 0. The second-order valence-electron chi connectivity index (χ2n) is 12.0. The van der Waals surface area contributed by atoms with Gasteiger partial charge in [0.25, 0.3) is 16.3 Å². The molecule has 1 aromatic heterocycles. The van der Waals surface area contributed by atoms with E-state index in [-0.39, 0.29) is 34.4 Å². The van der Waals surface area contributed by atoms with Gasteiger partial charge in [0, 0.05) is 18.9 Å². The van der Waals surface area contributed by atoms with Gasteiger partial charge >= 0.3 is 18.1 Å². The molecule has 3 aromatic rings. The van der Waals surface area contributed by atoms with Crippen LogP contribution in [0.5, 0.6) is 0 Å². The van der Waals surface area contributed by atoms with Crippen LogP contribution in [0.15, 0.2) is 64.8 Å². The van der Waals surface area contributed by atoms with Crippen molar-refractivity contribution >= 4 is 27.9 Å². The summed E-state index contributed by atoms with van der Waals surface area (Å²) in [5.41, 5.74) is -0.319. The molecule has 0 bridgehead atoms. The molecule has 0 fully saturated rings. The number of carbonyl (C=O) groups excluding carboxylic acids is 3. The Kier molecular flexibility index (Phi) is 12.6. The Bertz CT molecular complexity index is 1800. The van der Waals surface area contributed by atoms with Crippen molar-refractivity contribution in [3.8, 4) is 16.9 Å². The van der Waals surface area contributed by atoms with E-state index in [1.165, 1.54) is 26.1 Å². The van der Waals surface area contributed by atoms with Crippen LogP contribution in [0, 0.1) is 17.5 Å². The number of rotatable bonds is 14. The minimum Gasteiger partial charge on any atom is -0.569 e. The Labute approximate surface area is 286 Å². The number of nitrogens with one attached hydrogen (secondary N) is 1. The van der Waals surface area contributed by atoms with Gasteiger partial charge < -0.3 is 14.7 Å². The Hall–Kier alpha value is -5.20. The van der Waals surface area contributed by atoms with Crippen LogP contribution in [0.1, 0.15) is 51.8 Å². The predicted octanol–water partition coefficient (Wildman–Crippen LogP) is 4.67. The molecule has 0 radical (unpaired) electrons. The van der Waals surface area contributed by atoms with E-state index >= 15 is 0 Å². The first-order valence-corrected chi connectivity index (χ1v) is 16.5. The lowest BCUT2D eigenvalue weighted by atomic mass is 9.97. The highest BCUT2D eigenvalue weighted by atomic mass is 32.2. The van der Waals surface area contributed by atoms with Crippen LogP contribution in [-0.2, 0) is 44.9 Å². The zero-order valence-electron chi connectivity index (χ0n) is 28.1. The molecule has 1 atom stereocenters. The molecule has 1 N–H and O–H groups in total. The van der Waals surface area contributed by atoms with Gasteiger partial charge in [-0.1, -0.05) is 29.8 Å². The Morgan fingerprint density at radius 3 is 2.26 bits per heavy atom. The van der Waals surface area contributed by atoms with Gasteiger partial charge in [-0.15, -0.1) is 5.01 Å². The standard InChI is InChI=1S/C31H37F3N6O9S/c1-20-7-9-22(10-8-20)25-19-26(31(32,33)34)35-39(25)23-11-13-24(14-12-23)50(45,46)36-27(41)15-16-28(42)47-18-17-38(6)40(44)37-49-21(2)48-29(43)30(3,4)5/h7-14,19,21H,15-18H2,1-6H3,(H,36,41). The van der Waals surface area contributed by atoms with Crippen LogP contribution < -0.4 is 4.72 Å². The third-order valence-corrected chi connectivity index (χ3v) is 8.05. The maximum atomic E-state index is 13.5. The quantitative estimate of drug-likeness (QED) is 0.0801. The highest BCUT2D eigenvalue weighted by Crippen LogP contribution is 2.33. The average molecular weight is 727 g/mol. The van der Waals surface area contributed by atoms with Crippen LogP contribution in [0.25, 0.3) is 16.9 Å². The van der Waals surface area contributed by atoms with E-state index in [1.54, 1.807) is 45.0 Å². The molecule has 3 rings (SSSR count). The highest BCUT2D eigenvalue weighted by molar-refractivity contribution is 7.90. The lowest BCUT2D eigenvalue weighted by Gasteiger charge is -2.19. The minimum absolute atomic E-state index is 0.0396. The number of aryl methyl sites for hydroxylation is 1. The van der Waals surface area contributed by atoms with Crippen LogP contribution in [0.3, 0.4) is 0 Å². The minimum atomic E-state index is -4.73. The number of esters is 2. The molecule has 0 aliphatic rings. The van der Waals surface area contributed by atoms with Crippen molar-refractivity contribution in [3.05, 3.63) is 71.1 Å². The lowest BCUT2D eigenvalue weighted by Crippen LogP contribution is -2.32. The third kappa shape index (κ3) is 11.2. The number of aromatic nitrogens is 2. The van der Waals surface area contributed by atoms with E-state index in [0.29, 0.717) is 5.56 Å². The van der Waals surface area contributed by atoms with Crippen LogP contribution >= 0.6 is 0 Å². The summed E-state index contributed by atoms with van der Waals surface area (Å²) in [6, 6.07) is 12.3. The van der Waals surface area contributed by atoms with Gasteiger partial charge in [0.05, 0.1) is 40.1 Å². The number of nitrogens with zero attached hydrogens (tertiary/aromatic N) is 5. The van der Waals surface area contributed by atoms with Gasteiger partial charge in [-0.05, 0) is 58.0 Å².